The average molecular weight is 441 g/mol. The molecule has 2 N–H and O–H groups in total. The van der Waals surface area contributed by atoms with E-state index in [2.05, 4.69) is 9.89 Å². The minimum absolute atomic E-state index is 0. The maximum absolute atomic E-state index is 12.5. The summed E-state index contributed by atoms with van der Waals surface area (Å²) in [4.78, 5) is 6.45. The van der Waals surface area contributed by atoms with Gasteiger partial charge in [0.25, 0.3) is 0 Å². The number of nitrogens with zero attached hydrogens (tertiary/aromatic N) is 2. The lowest BCUT2D eigenvalue weighted by atomic mass is 10.1. The fourth-order valence-electron chi connectivity index (χ4n) is 2.56. The average Bonchev–Trinajstić information content (AvgIpc) is 2.76. The van der Waals surface area contributed by atoms with E-state index in [0.29, 0.717) is 18.9 Å². The number of nitrogens with two attached hydrogens (primary N) is 1. The van der Waals surface area contributed by atoms with Crippen molar-refractivity contribution in [3.8, 4) is 0 Å². The molecule has 1 aromatic rings. The van der Waals surface area contributed by atoms with Crippen LogP contribution in [0.4, 0.5) is 13.2 Å². The third-order valence-electron chi connectivity index (χ3n) is 3.89. The fraction of sp³-hybridized carbons (Fsp3) is 0.562. The summed E-state index contributed by atoms with van der Waals surface area (Å²) in [7, 11) is 0. The van der Waals surface area contributed by atoms with Gasteiger partial charge >= 0.3 is 6.18 Å². The number of guanidine groups is 1. The molecule has 2 rings (SSSR count). The molecule has 0 aromatic heterocycles. The van der Waals surface area contributed by atoms with E-state index in [1.807, 2.05) is 0 Å². The summed E-state index contributed by atoms with van der Waals surface area (Å²) >= 11 is 0. The number of rotatable bonds is 3. The molecule has 1 aliphatic heterocycles. The first-order valence-corrected chi connectivity index (χ1v) is 7.68. The van der Waals surface area contributed by atoms with Gasteiger partial charge < -0.3 is 10.6 Å². The summed E-state index contributed by atoms with van der Waals surface area (Å²) in [6, 6.07) is 5.22. The Hall–Kier alpha value is -0.990. The van der Waals surface area contributed by atoms with Crippen LogP contribution in [0.2, 0.25) is 0 Å². The van der Waals surface area contributed by atoms with E-state index in [0.717, 1.165) is 43.6 Å². The molecule has 0 aliphatic carbocycles. The van der Waals surface area contributed by atoms with E-state index < -0.39 is 11.7 Å². The predicted octanol–water partition coefficient (Wildman–Crippen LogP) is 4.06. The van der Waals surface area contributed by atoms with Crippen molar-refractivity contribution >= 4 is 29.9 Å². The molecule has 23 heavy (non-hydrogen) atoms. The monoisotopic (exact) mass is 441 g/mol. The van der Waals surface area contributed by atoms with Crippen LogP contribution in [0.1, 0.15) is 36.8 Å². The third-order valence-corrected chi connectivity index (χ3v) is 3.89. The molecule has 1 saturated heterocycles. The molecule has 0 bridgehead atoms. The molecule has 130 valence electrons. The van der Waals surface area contributed by atoms with E-state index in [9.17, 15) is 13.2 Å². The van der Waals surface area contributed by atoms with Crippen molar-refractivity contribution in [3.05, 3.63) is 35.4 Å². The van der Waals surface area contributed by atoms with Gasteiger partial charge in [-0.2, -0.15) is 13.2 Å². The first-order chi connectivity index (χ1) is 10.5. The van der Waals surface area contributed by atoms with Gasteiger partial charge in [0.15, 0.2) is 5.96 Å². The molecule has 0 amide bonds. The van der Waals surface area contributed by atoms with Crippen molar-refractivity contribution in [1.82, 2.24) is 4.90 Å². The maximum atomic E-state index is 12.5. The summed E-state index contributed by atoms with van der Waals surface area (Å²) in [5.74, 6) is 0.550. The molecular formula is C16H23F3IN3. The lowest BCUT2D eigenvalue weighted by Gasteiger charge is -2.21. The second-order valence-electron chi connectivity index (χ2n) is 5.59. The second-order valence-corrected chi connectivity index (χ2v) is 5.59. The number of halogens is 4. The maximum Gasteiger partial charge on any atom is 0.416 e. The van der Waals surface area contributed by atoms with Crippen molar-refractivity contribution in [3.63, 3.8) is 0 Å². The fourth-order valence-corrected chi connectivity index (χ4v) is 2.56. The van der Waals surface area contributed by atoms with Gasteiger partial charge in [0.05, 0.1) is 5.56 Å². The Kier molecular flexibility index (Phi) is 8.15. The molecule has 3 nitrogen and oxygen atoms in total. The summed E-state index contributed by atoms with van der Waals surface area (Å²) in [6.07, 6.45) is 1.04. The number of hydrogen-bond donors (Lipinski definition) is 1. The Balaban J connectivity index is 0.00000264. The van der Waals surface area contributed by atoms with Gasteiger partial charge in [-0.3, -0.25) is 4.99 Å². The predicted molar refractivity (Wildman–Crippen MR) is 97.1 cm³/mol. The summed E-state index contributed by atoms with van der Waals surface area (Å²) in [5, 5.41) is 0. The number of likely N-dealkylation sites (tertiary alicyclic amines) is 1. The number of benzene rings is 1. The Morgan fingerprint density at radius 3 is 2.13 bits per heavy atom. The molecule has 1 aliphatic rings. The van der Waals surface area contributed by atoms with E-state index in [-0.39, 0.29) is 24.0 Å². The summed E-state index contributed by atoms with van der Waals surface area (Å²) < 4.78 is 37.4. The molecule has 0 unspecified atom stereocenters. The molecular weight excluding hydrogens is 418 g/mol. The van der Waals surface area contributed by atoms with Crippen molar-refractivity contribution in [2.45, 2.75) is 38.3 Å². The van der Waals surface area contributed by atoms with E-state index in [1.165, 1.54) is 25.0 Å². The van der Waals surface area contributed by atoms with Crippen LogP contribution < -0.4 is 5.73 Å². The number of aliphatic imine (C=N–C) groups is 1. The van der Waals surface area contributed by atoms with Crippen molar-refractivity contribution in [2.24, 2.45) is 10.7 Å². The number of alkyl halides is 3. The summed E-state index contributed by atoms with van der Waals surface area (Å²) in [5.41, 5.74) is 6.20. The smallest absolute Gasteiger partial charge is 0.370 e. The quantitative estimate of drug-likeness (QED) is 0.437. The zero-order valence-corrected chi connectivity index (χ0v) is 15.3. The molecule has 1 fully saturated rings. The first kappa shape index (κ1) is 20.1. The highest BCUT2D eigenvalue weighted by Crippen LogP contribution is 2.29. The van der Waals surface area contributed by atoms with Gasteiger partial charge in [0.1, 0.15) is 0 Å². The molecule has 0 saturated carbocycles. The molecule has 7 heteroatoms. The molecule has 1 heterocycles. The van der Waals surface area contributed by atoms with E-state index >= 15 is 0 Å². The highest BCUT2D eigenvalue weighted by Gasteiger charge is 2.29. The van der Waals surface area contributed by atoms with E-state index in [1.54, 1.807) is 0 Å². The zero-order chi connectivity index (χ0) is 16.0. The van der Waals surface area contributed by atoms with Gasteiger partial charge in [-0.1, -0.05) is 25.0 Å². The van der Waals surface area contributed by atoms with Crippen LogP contribution in [-0.4, -0.2) is 30.5 Å². The van der Waals surface area contributed by atoms with Crippen LogP contribution in [0.15, 0.2) is 29.3 Å². The molecule has 0 spiro atoms. The third kappa shape index (κ3) is 6.56. The normalized spacial score (nSPS) is 16.7. The van der Waals surface area contributed by atoms with Crippen LogP contribution in [-0.2, 0) is 12.6 Å². The minimum Gasteiger partial charge on any atom is -0.370 e. The first-order valence-electron chi connectivity index (χ1n) is 7.68. The van der Waals surface area contributed by atoms with Gasteiger partial charge in [0, 0.05) is 19.6 Å². The Labute approximate surface area is 152 Å². The van der Waals surface area contributed by atoms with Crippen LogP contribution in [0.25, 0.3) is 0 Å². The molecule has 0 atom stereocenters. The van der Waals surface area contributed by atoms with Crippen molar-refractivity contribution in [1.29, 1.82) is 0 Å². The SMILES string of the molecule is I.NC(=NCCc1ccc(C(F)(F)F)cc1)N1CCCCCC1. The van der Waals surface area contributed by atoms with Crippen LogP contribution in [0.3, 0.4) is 0 Å². The van der Waals surface area contributed by atoms with Crippen LogP contribution >= 0.6 is 24.0 Å². The Bertz CT molecular complexity index is 492. The van der Waals surface area contributed by atoms with Crippen LogP contribution in [0.5, 0.6) is 0 Å². The summed E-state index contributed by atoms with van der Waals surface area (Å²) in [6.45, 7) is 2.37. The second kappa shape index (κ2) is 9.34. The van der Waals surface area contributed by atoms with Crippen LogP contribution in [0, 0.1) is 0 Å². The highest BCUT2D eigenvalue weighted by atomic mass is 127. The number of hydrogen-bond acceptors (Lipinski definition) is 1. The largest absolute Gasteiger partial charge is 0.416 e. The van der Waals surface area contributed by atoms with Gasteiger partial charge in [-0.15, -0.1) is 24.0 Å². The molecule has 1 aromatic carbocycles. The highest BCUT2D eigenvalue weighted by molar-refractivity contribution is 14.0. The van der Waals surface area contributed by atoms with Gasteiger partial charge in [0.2, 0.25) is 0 Å². The Morgan fingerprint density at radius 1 is 1.04 bits per heavy atom. The Morgan fingerprint density at radius 2 is 1.61 bits per heavy atom. The van der Waals surface area contributed by atoms with Gasteiger partial charge in [-0.05, 0) is 37.0 Å². The van der Waals surface area contributed by atoms with E-state index in [4.69, 9.17) is 5.73 Å². The lowest BCUT2D eigenvalue weighted by molar-refractivity contribution is -0.137. The lowest BCUT2D eigenvalue weighted by Crippen LogP contribution is -2.38. The van der Waals surface area contributed by atoms with Gasteiger partial charge in [-0.25, -0.2) is 0 Å². The zero-order valence-electron chi connectivity index (χ0n) is 13.0. The standard InChI is InChI=1S/C16H22F3N3.HI/c17-16(18,19)14-7-5-13(6-8-14)9-10-21-15(20)22-11-3-1-2-4-12-22;/h5-8H,1-4,9-12H2,(H2,20,21);1H. The minimum atomic E-state index is -4.28. The topological polar surface area (TPSA) is 41.6 Å². The van der Waals surface area contributed by atoms with Crippen molar-refractivity contribution in [2.75, 3.05) is 19.6 Å². The molecule has 0 radical (unpaired) electrons. The van der Waals surface area contributed by atoms with Crippen molar-refractivity contribution < 1.29 is 13.2 Å².